The van der Waals surface area contributed by atoms with E-state index in [1.807, 2.05) is 0 Å². The highest BCUT2D eigenvalue weighted by atomic mass is 16.5. The molecule has 0 aromatic carbocycles. The highest BCUT2D eigenvalue weighted by Crippen LogP contribution is 2.27. The maximum absolute atomic E-state index is 5.09. The lowest BCUT2D eigenvalue weighted by Gasteiger charge is -1.89. The van der Waals surface area contributed by atoms with Crippen molar-refractivity contribution in [2.24, 2.45) is 0 Å². The van der Waals surface area contributed by atoms with Crippen molar-refractivity contribution in [3.63, 3.8) is 0 Å². The van der Waals surface area contributed by atoms with Gasteiger partial charge in [0.1, 0.15) is 18.0 Å². The first kappa shape index (κ1) is 7.85. The van der Waals surface area contributed by atoms with Crippen molar-refractivity contribution in [1.29, 1.82) is 0 Å². The van der Waals surface area contributed by atoms with Crippen LogP contribution < -0.4 is 0 Å². The molecule has 3 rings (SSSR count). The molecule has 0 amide bonds. The Morgan fingerprint density at radius 1 is 1.40 bits per heavy atom. The van der Waals surface area contributed by atoms with Gasteiger partial charge in [-0.05, 0) is 10.4 Å². The minimum absolute atomic E-state index is 0.336. The molecule has 0 spiro atoms. The van der Waals surface area contributed by atoms with Crippen molar-refractivity contribution >= 4 is 0 Å². The highest BCUT2D eigenvalue weighted by Gasteiger charge is 2.19. The molecule has 8 heteroatoms. The lowest BCUT2D eigenvalue weighted by Crippen LogP contribution is -1.82. The van der Waals surface area contributed by atoms with E-state index in [-0.39, 0.29) is 0 Å². The van der Waals surface area contributed by atoms with Crippen LogP contribution in [0.3, 0.4) is 0 Å². The van der Waals surface area contributed by atoms with E-state index < -0.39 is 0 Å². The predicted octanol–water partition coefficient (Wildman–Crippen LogP) is 0.310. The zero-order chi connectivity index (χ0) is 10.1. The van der Waals surface area contributed by atoms with Gasteiger partial charge in [0.05, 0.1) is 6.20 Å². The number of tetrazole rings is 1. The fourth-order valence-corrected chi connectivity index (χ4v) is 1.12. The van der Waals surface area contributed by atoms with E-state index in [2.05, 4.69) is 37.0 Å². The van der Waals surface area contributed by atoms with Crippen molar-refractivity contribution in [2.45, 2.75) is 0 Å². The Bertz CT molecular complexity index is 491. The van der Waals surface area contributed by atoms with Gasteiger partial charge in [-0.15, -0.1) is 5.10 Å². The normalized spacial score (nSPS) is 10.7. The van der Waals surface area contributed by atoms with Crippen molar-refractivity contribution in [3.05, 3.63) is 18.7 Å². The summed E-state index contributed by atoms with van der Waals surface area (Å²) in [5.74, 6) is 1.03. The topological polar surface area (TPSA) is 107 Å². The van der Waals surface area contributed by atoms with E-state index in [1.54, 1.807) is 0 Å². The van der Waals surface area contributed by atoms with Crippen LogP contribution in [0.25, 0.3) is 23.0 Å². The Balaban J connectivity index is 2.15. The maximum atomic E-state index is 5.09. The summed E-state index contributed by atoms with van der Waals surface area (Å²) in [5.41, 5.74) is 0.471. The molecule has 0 atom stereocenters. The first-order chi connectivity index (χ1) is 7.45. The summed E-state index contributed by atoms with van der Waals surface area (Å²) in [4.78, 5) is 3.95. The molecule has 0 aliphatic carbocycles. The van der Waals surface area contributed by atoms with Gasteiger partial charge in [0.25, 0.3) is 0 Å². The molecular weight excluding hydrogens is 200 g/mol. The molecule has 0 bridgehead atoms. The number of nitrogens with zero attached hydrogens (tertiary/aromatic N) is 5. The molecule has 73 valence electrons. The molecule has 3 aromatic heterocycles. The fraction of sp³-hybridized carbons (Fsp3) is 0. The average Bonchev–Trinajstić information content (AvgIpc) is 3.01. The number of hydrogen-bond acceptors (Lipinski definition) is 7. The van der Waals surface area contributed by atoms with Gasteiger partial charge in [0.2, 0.25) is 17.5 Å². The maximum Gasteiger partial charge on any atom is 0.232 e. The third-order valence-corrected chi connectivity index (χ3v) is 1.73. The summed E-state index contributed by atoms with van der Waals surface area (Å²) >= 11 is 0. The second-order valence-corrected chi connectivity index (χ2v) is 2.59. The van der Waals surface area contributed by atoms with Crippen LogP contribution in [0, 0.1) is 6.20 Å². The zero-order valence-electron chi connectivity index (χ0n) is 7.21. The number of H-pyrrole nitrogens is 1. The number of aromatic nitrogens is 6. The van der Waals surface area contributed by atoms with Crippen molar-refractivity contribution < 1.29 is 8.94 Å². The summed E-state index contributed by atoms with van der Waals surface area (Å²) in [6.45, 7) is 0. The molecular formula is C7H3N6O2. The minimum Gasteiger partial charge on any atom is -0.444 e. The van der Waals surface area contributed by atoms with E-state index in [9.17, 15) is 0 Å². The Labute approximate surface area is 82.3 Å². The highest BCUT2D eigenvalue weighted by molar-refractivity contribution is 5.69. The van der Waals surface area contributed by atoms with Gasteiger partial charge in [-0.2, -0.15) is 0 Å². The van der Waals surface area contributed by atoms with Gasteiger partial charge >= 0.3 is 0 Å². The number of aromatic amines is 1. The number of rotatable bonds is 2. The molecule has 1 N–H and O–H groups in total. The molecule has 15 heavy (non-hydrogen) atoms. The molecule has 0 fully saturated rings. The Morgan fingerprint density at radius 3 is 3.13 bits per heavy atom. The lowest BCUT2D eigenvalue weighted by molar-refractivity contribution is 0.428. The molecule has 0 aliphatic rings. The smallest absolute Gasteiger partial charge is 0.232 e. The summed E-state index contributed by atoms with van der Waals surface area (Å²) < 4.78 is 10.0. The first-order valence-corrected chi connectivity index (χ1v) is 3.96. The molecule has 0 aliphatic heterocycles. The van der Waals surface area contributed by atoms with Gasteiger partial charge in [-0.1, -0.05) is 5.16 Å². The third-order valence-electron chi connectivity index (χ3n) is 1.73. The van der Waals surface area contributed by atoms with Gasteiger partial charge < -0.3 is 8.94 Å². The van der Waals surface area contributed by atoms with Crippen LogP contribution in [-0.2, 0) is 0 Å². The second-order valence-electron chi connectivity index (χ2n) is 2.59. The molecule has 0 unspecified atom stereocenters. The van der Waals surface area contributed by atoms with Gasteiger partial charge in [-0.3, -0.25) is 0 Å². The van der Waals surface area contributed by atoms with E-state index in [0.717, 1.165) is 0 Å². The van der Waals surface area contributed by atoms with Crippen molar-refractivity contribution in [1.82, 2.24) is 30.8 Å². The Morgan fingerprint density at radius 2 is 2.40 bits per heavy atom. The van der Waals surface area contributed by atoms with Gasteiger partial charge in [0, 0.05) is 0 Å². The van der Waals surface area contributed by atoms with E-state index in [1.165, 1.54) is 12.5 Å². The predicted molar refractivity (Wildman–Crippen MR) is 44.0 cm³/mol. The summed E-state index contributed by atoms with van der Waals surface area (Å²) in [6.07, 6.45) is 5.56. The van der Waals surface area contributed by atoms with Crippen LogP contribution in [-0.4, -0.2) is 30.8 Å². The van der Waals surface area contributed by atoms with Gasteiger partial charge in [0.15, 0.2) is 0 Å². The first-order valence-electron chi connectivity index (χ1n) is 3.96. The van der Waals surface area contributed by atoms with Crippen molar-refractivity contribution in [2.75, 3.05) is 0 Å². The fourth-order valence-electron chi connectivity index (χ4n) is 1.12. The largest absolute Gasteiger partial charge is 0.444 e. The minimum atomic E-state index is 0.336. The van der Waals surface area contributed by atoms with Crippen LogP contribution in [0.2, 0.25) is 0 Å². The number of nitrogens with one attached hydrogen (secondary N) is 1. The monoisotopic (exact) mass is 203 g/mol. The quantitative estimate of drug-likeness (QED) is 0.638. The molecule has 3 heterocycles. The van der Waals surface area contributed by atoms with Crippen LogP contribution in [0.5, 0.6) is 0 Å². The molecule has 8 nitrogen and oxygen atoms in total. The summed E-state index contributed by atoms with van der Waals surface area (Å²) in [7, 11) is 0. The Kier molecular flexibility index (Phi) is 1.58. The number of oxazole rings is 1. The standard InChI is InChI=1S/C7H3N6O2/c1-2-14-7(8-1)4-3-9-15-5(4)6-10-12-13-11-6/h1-2H,(H,10,11,12,13). The van der Waals surface area contributed by atoms with E-state index in [4.69, 9.17) is 8.94 Å². The van der Waals surface area contributed by atoms with E-state index >= 15 is 0 Å². The van der Waals surface area contributed by atoms with Gasteiger partial charge in [-0.25, -0.2) is 10.1 Å². The number of hydrogen-bond donors (Lipinski definition) is 1. The average molecular weight is 203 g/mol. The van der Waals surface area contributed by atoms with Crippen LogP contribution in [0.15, 0.2) is 21.4 Å². The van der Waals surface area contributed by atoms with Crippen LogP contribution >= 0.6 is 0 Å². The lowest BCUT2D eigenvalue weighted by atomic mass is 10.2. The van der Waals surface area contributed by atoms with Crippen LogP contribution in [0.1, 0.15) is 0 Å². The molecule has 1 radical (unpaired) electrons. The molecule has 3 aromatic rings. The van der Waals surface area contributed by atoms with Crippen molar-refractivity contribution in [3.8, 4) is 23.0 Å². The molecule has 0 saturated heterocycles. The van der Waals surface area contributed by atoms with E-state index in [0.29, 0.717) is 23.0 Å². The third kappa shape index (κ3) is 1.19. The zero-order valence-corrected chi connectivity index (χ0v) is 7.21. The van der Waals surface area contributed by atoms with Crippen LogP contribution in [0.4, 0.5) is 0 Å². The second kappa shape index (κ2) is 3.01. The Hall–Kier alpha value is -2.51. The summed E-state index contributed by atoms with van der Waals surface area (Å²) in [5, 5.41) is 16.6. The summed E-state index contributed by atoms with van der Waals surface area (Å²) in [6, 6.07) is 0. The molecule has 0 saturated carbocycles. The SMILES string of the molecule is [c]1noc(-c2nnn[nH]2)c1-c1ncco1.